The molecule has 0 unspecified atom stereocenters. The SMILES string of the molecule is Cc1cc(Cl)ccc1-n1nc(Cc2ccccn2)c2c1NCC2. The molecule has 0 atom stereocenters. The number of aryl methyl sites for hydroxylation is 1. The lowest BCUT2D eigenvalue weighted by Gasteiger charge is -2.09. The normalized spacial score (nSPS) is 13.0. The summed E-state index contributed by atoms with van der Waals surface area (Å²) in [5.41, 5.74) is 5.61. The quantitative estimate of drug-likeness (QED) is 0.797. The van der Waals surface area contributed by atoms with Gasteiger partial charge in [-0.25, -0.2) is 4.68 Å². The molecule has 3 aromatic rings. The van der Waals surface area contributed by atoms with E-state index < -0.39 is 0 Å². The number of nitrogens with one attached hydrogen (secondary N) is 1. The lowest BCUT2D eigenvalue weighted by Crippen LogP contribution is -2.06. The number of fused-ring (bicyclic) bond motifs is 1. The van der Waals surface area contributed by atoms with Gasteiger partial charge in [0.1, 0.15) is 5.82 Å². The standard InChI is InChI=1S/C18H17ClN4/c1-12-10-13(19)5-6-17(12)23-18-15(7-9-21-18)16(22-23)11-14-4-2-3-8-20-14/h2-6,8,10,21H,7,9,11H2,1H3. The average Bonchev–Trinajstić information content (AvgIpc) is 3.13. The first-order valence-corrected chi connectivity index (χ1v) is 8.11. The maximum Gasteiger partial charge on any atom is 0.133 e. The minimum absolute atomic E-state index is 0.747. The Hall–Kier alpha value is -2.33. The second kappa shape index (κ2) is 5.70. The third-order valence-corrected chi connectivity index (χ3v) is 4.43. The van der Waals surface area contributed by atoms with Crippen molar-refractivity contribution in [3.8, 4) is 5.69 Å². The Kier molecular flexibility index (Phi) is 3.54. The van der Waals surface area contributed by atoms with Crippen LogP contribution in [0.4, 0.5) is 5.82 Å². The van der Waals surface area contributed by atoms with Crippen LogP contribution in [0.5, 0.6) is 0 Å². The molecule has 0 radical (unpaired) electrons. The van der Waals surface area contributed by atoms with Crippen molar-refractivity contribution in [2.45, 2.75) is 19.8 Å². The summed E-state index contributed by atoms with van der Waals surface area (Å²) in [7, 11) is 0. The van der Waals surface area contributed by atoms with E-state index in [4.69, 9.17) is 16.7 Å². The molecule has 23 heavy (non-hydrogen) atoms. The van der Waals surface area contributed by atoms with Crippen molar-refractivity contribution in [2.75, 3.05) is 11.9 Å². The predicted octanol–water partition coefficient (Wildman–Crippen LogP) is 3.79. The van der Waals surface area contributed by atoms with E-state index in [0.29, 0.717) is 0 Å². The van der Waals surface area contributed by atoms with Crippen LogP contribution in [0.3, 0.4) is 0 Å². The zero-order valence-corrected chi connectivity index (χ0v) is 13.6. The van der Waals surface area contributed by atoms with Crippen LogP contribution < -0.4 is 5.32 Å². The highest BCUT2D eigenvalue weighted by molar-refractivity contribution is 6.30. The van der Waals surface area contributed by atoms with Gasteiger partial charge in [0.05, 0.1) is 11.4 Å². The largest absolute Gasteiger partial charge is 0.369 e. The van der Waals surface area contributed by atoms with Gasteiger partial charge in [0, 0.05) is 35.4 Å². The molecule has 116 valence electrons. The van der Waals surface area contributed by atoms with Gasteiger partial charge in [-0.2, -0.15) is 5.10 Å². The Morgan fingerprint density at radius 3 is 2.96 bits per heavy atom. The van der Waals surface area contributed by atoms with Gasteiger partial charge in [-0.1, -0.05) is 17.7 Å². The van der Waals surface area contributed by atoms with Crippen molar-refractivity contribution in [1.29, 1.82) is 0 Å². The highest BCUT2D eigenvalue weighted by Gasteiger charge is 2.23. The minimum Gasteiger partial charge on any atom is -0.369 e. The van der Waals surface area contributed by atoms with Crippen molar-refractivity contribution in [2.24, 2.45) is 0 Å². The van der Waals surface area contributed by atoms with Gasteiger partial charge in [-0.3, -0.25) is 4.98 Å². The Morgan fingerprint density at radius 1 is 1.26 bits per heavy atom. The van der Waals surface area contributed by atoms with E-state index in [1.165, 1.54) is 5.56 Å². The molecule has 0 bridgehead atoms. The average molecular weight is 325 g/mol. The van der Waals surface area contributed by atoms with Gasteiger partial charge in [0.25, 0.3) is 0 Å². The molecule has 0 spiro atoms. The monoisotopic (exact) mass is 324 g/mol. The number of hydrogen-bond acceptors (Lipinski definition) is 3. The number of hydrogen-bond donors (Lipinski definition) is 1. The Balaban J connectivity index is 1.78. The number of rotatable bonds is 3. The zero-order chi connectivity index (χ0) is 15.8. The fourth-order valence-electron chi connectivity index (χ4n) is 3.09. The molecule has 0 aliphatic carbocycles. The first-order chi connectivity index (χ1) is 11.2. The first-order valence-electron chi connectivity index (χ1n) is 7.73. The lowest BCUT2D eigenvalue weighted by atomic mass is 10.1. The molecule has 1 N–H and O–H groups in total. The van der Waals surface area contributed by atoms with Crippen molar-refractivity contribution in [1.82, 2.24) is 14.8 Å². The van der Waals surface area contributed by atoms with Gasteiger partial charge in [0.15, 0.2) is 0 Å². The third-order valence-electron chi connectivity index (χ3n) is 4.20. The van der Waals surface area contributed by atoms with Gasteiger partial charge < -0.3 is 5.32 Å². The van der Waals surface area contributed by atoms with Crippen LogP contribution in [0.25, 0.3) is 5.69 Å². The van der Waals surface area contributed by atoms with E-state index >= 15 is 0 Å². The summed E-state index contributed by atoms with van der Waals surface area (Å²) in [6, 6.07) is 11.9. The Morgan fingerprint density at radius 2 is 2.17 bits per heavy atom. The second-order valence-electron chi connectivity index (χ2n) is 5.79. The third kappa shape index (κ3) is 2.59. The molecular formula is C18H17ClN4. The van der Waals surface area contributed by atoms with Crippen LogP contribution in [0.2, 0.25) is 5.02 Å². The molecule has 0 saturated carbocycles. The van der Waals surface area contributed by atoms with Crippen LogP contribution in [-0.2, 0) is 12.8 Å². The zero-order valence-electron chi connectivity index (χ0n) is 12.9. The molecule has 3 heterocycles. The smallest absolute Gasteiger partial charge is 0.133 e. The molecule has 0 saturated heterocycles. The Bertz CT molecular complexity index is 855. The van der Waals surface area contributed by atoms with Crippen LogP contribution >= 0.6 is 11.6 Å². The summed E-state index contributed by atoms with van der Waals surface area (Å²) in [4.78, 5) is 4.42. The maximum atomic E-state index is 6.08. The van der Waals surface area contributed by atoms with Gasteiger partial charge in [-0.15, -0.1) is 0 Å². The topological polar surface area (TPSA) is 42.7 Å². The number of benzene rings is 1. The second-order valence-corrected chi connectivity index (χ2v) is 6.23. The summed E-state index contributed by atoms with van der Waals surface area (Å²) in [5.74, 6) is 1.10. The van der Waals surface area contributed by atoms with Crippen LogP contribution in [0.15, 0.2) is 42.6 Å². The van der Waals surface area contributed by atoms with Crippen molar-refractivity contribution in [3.05, 3.63) is 70.1 Å². The van der Waals surface area contributed by atoms with E-state index in [2.05, 4.69) is 17.2 Å². The molecule has 4 rings (SSSR count). The number of aromatic nitrogens is 3. The molecule has 4 nitrogen and oxygen atoms in total. The fourth-order valence-corrected chi connectivity index (χ4v) is 3.32. The first kappa shape index (κ1) is 14.3. The lowest BCUT2D eigenvalue weighted by molar-refractivity contribution is 0.829. The van der Waals surface area contributed by atoms with Crippen molar-refractivity contribution < 1.29 is 0 Å². The molecular weight excluding hydrogens is 308 g/mol. The van der Waals surface area contributed by atoms with E-state index in [1.54, 1.807) is 0 Å². The maximum absolute atomic E-state index is 6.08. The molecule has 2 aromatic heterocycles. The molecule has 1 aliphatic heterocycles. The van der Waals surface area contributed by atoms with Crippen molar-refractivity contribution >= 4 is 17.4 Å². The predicted molar refractivity (Wildman–Crippen MR) is 92.5 cm³/mol. The van der Waals surface area contributed by atoms with Gasteiger partial charge >= 0.3 is 0 Å². The molecule has 0 fully saturated rings. The summed E-state index contributed by atoms with van der Waals surface area (Å²) < 4.78 is 2.01. The fraction of sp³-hybridized carbons (Fsp3) is 0.222. The van der Waals surface area contributed by atoms with E-state index in [-0.39, 0.29) is 0 Å². The van der Waals surface area contributed by atoms with E-state index in [1.807, 2.05) is 47.3 Å². The summed E-state index contributed by atoms with van der Waals surface area (Å²) in [6.45, 7) is 3.01. The number of pyridine rings is 1. The summed E-state index contributed by atoms with van der Waals surface area (Å²) in [6.07, 6.45) is 3.59. The number of nitrogens with zero attached hydrogens (tertiary/aromatic N) is 3. The summed E-state index contributed by atoms with van der Waals surface area (Å²) in [5, 5.41) is 9.07. The van der Waals surface area contributed by atoms with Crippen LogP contribution in [0.1, 0.15) is 22.5 Å². The summed E-state index contributed by atoms with van der Waals surface area (Å²) >= 11 is 6.08. The van der Waals surface area contributed by atoms with Crippen LogP contribution in [-0.4, -0.2) is 21.3 Å². The van der Waals surface area contributed by atoms with E-state index in [0.717, 1.165) is 52.9 Å². The number of anilines is 1. The van der Waals surface area contributed by atoms with Crippen LogP contribution in [0, 0.1) is 6.92 Å². The van der Waals surface area contributed by atoms with Gasteiger partial charge in [-0.05, 0) is 49.2 Å². The molecule has 5 heteroatoms. The van der Waals surface area contributed by atoms with E-state index in [9.17, 15) is 0 Å². The number of halogens is 1. The highest BCUT2D eigenvalue weighted by atomic mass is 35.5. The highest BCUT2D eigenvalue weighted by Crippen LogP contribution is 2.31. The molecule has 0 amide bonds. The van der Waals surface area contributed by atoms with Gasteiger partial charge in [0.2, 0.25) is 0 Å². The minimum atomic E-state index is 0.747. The Labute approximate surface area is 140 Å². The molecule has 1 aromatic carbocycles. The molecule has 1 aliphatic rings. The van der Waals surface area contributed by atoms with Crippen molar-refractivity contribution in [3.63, 3.8) is 0 Å².